The van der Waals surface area contributed by atoms with Crippen LogP contribution in [0.5, 0.6) is 5.75 Å². The first kappa shape index (κ1) is 21.3. The van der Waals surface area contributed by atoms with Gasteiger partial charge in [-0.05, 0) is 35.7 Å². The molecule has 0 saturated carbocycles. The number of methoxy groups -OCH3 is 1. The lowest BCUT2D eigenvalue weighted by Crippen LogP contribution is -2.31. The number of hydrogen-bond donors (Lipinski definition) is 2. The Bertz CT molecular complexity index is 1230. The SMILES string of the molecule is COc1ccccc1C(NC(=O)c1cccc(NC(=O)c2cccs2)c1)c1nccn1C. The van der Waals surface area contributed by atoms with Crippen molar-refractivity contribution in [2.24, 2.45) is 7.05 Å². The molecule has 0 aliphatic heterocycles. The van der Waals surface area contributed by atoms with E-state index in [0.717, 1.165) is 5.56 Å². The summed E-state index contributed by atoms with van der Waals surface area (Å²) < 4.78 is 7.37. The van der Waals surface area contributed by atoms with Gasteiger partial charge in [0.05, 0.1) is 12.0 Å². The van der Waals surface area contributed by atoms with Crippen LogP contribution in [0.15, 0.2) is 78.4 Å². The highest BCUT2D eigenvalue weighted by atomic mass is 32.1. The van der Waals surface area contributed by atoms with Crippen LogP contribution in [0.3, 0.4) is 0 Å². The lowest BCUT2D eigenvalue weighted by molar-refractivity contribution is 0.0939. The van der Waals surface area contributed by atoms with Gasteiger partial charge in [0.15, 0.2) is 0 Å². The molecule has 0 spiro atoms. The summed E-state index contributed by atoms with van der Waals surface area (Å²) in [5.41, 5.74) is 1.75. The van der Waals surface area contributed by atoms with Crippen LogP contribution >= 0.6 is 11.3 Å². The summed E-state index contributed by atoms with van der Waals surface area (Å²) in [7, 11) is 3.47. The van der Waals surface area contributed by atoms with Crippen molar-refractivity contribution in [1.29, 1.82) is 0 Å². The minimum atomic E-state index is -0.525. The first-order chi connectivity index (χ1) is 15.6. The molecule has 0 fully saturated rings. The largest absolute Gasteiger partial charge is 0.496 e. The van der Waals surface area contributed by atoms with Gasteiger partial charge in [-0.1, -0.05) is 30.3 Å². The molecule has 32 heavy (non-hydrogen) atoms. The van der Waals surface area contributed by atoms with Crippen LogP contribution in [-0.4, -0.2) is 28.5 Å². The minimum absolute atomic E-state index is 0.211. The molecule has 162 valence electrons. The van der Waals surface area contributed by atoms with Gasteiger partial charge < -0.3 is 19.9 Å². The van der Waals surface area contributed by atoms with E-state index in [1.54, 1.807) is 43.6 Å². The lowest BCUT2D eigenvalue weighted by atomic mass is 10.0. The first-order valence-electron chi connectivity index (χ1n) is 9.92. The number of hydrogen-bond acceptors (Lipinski definition) is 5. The third-order valence-electron chi connectivity index (χ3n) is 4.97. The molecule has 4 aromatic rings. The van der Waals surface area contributed by atoms with Gasteiger partial charge in [0.1, 0.15) is 17.6 Å². The highest BCUT2D eigenvalue weighted by Crippen LogP contribution is 2.29. The van der Waals surface area contributed by atoms with Gasteiger partial charge in [-0.2, -0.15) is 0 Å². The molecule has 0 aliphatic rings. The van der Waals surface area contributed by atoms with Crippen LogP contribution in [-0.2, 0) is 7.05 Å². The summed E-state index contributed by atoms with van der Waals surface area (Å²) in [5.74, 6) is 0.816. The van der Waals surface area contributed by atoms with Crippen molar-refractivity contribution in [3.8, 4) is 5.75 Å². The molecule has 0 bridgehead atoms. The number of para-hydroxylation sites is 1. The van der Waals surface area contributed by atoms with Crippen molar-refractivity contribution >= 4 is 28.8 Å². The molecule has 2 aromatic heterocycles. The molecule has 2 heterocycles. The molecule has 0 radical (unpaired) electrons. The quantitative estimate of drug-likeness (QED) is 0.444. The normalized spacial score (nSPS) is 11.6. The topological polar surface area (TPSA) is 85.2 Å². The molecule has 1 unspecified atom stereocenters. The van der Waals surface area contributed by atoms with Crippen LogP contribution in [0, 0.1) is 0 Å². The molecule has 4 rings (SSSR count). The summed E-state index contributed by atoms with van der Waals surface area (Å²) in [4.78, 5) is 30.6. The Labute approximate surface area is 189 Å². The van der Waals surface area contributed by atoms with E-state index in [1.165, 1.54) is 11.3 Å². The molecule has 8 heteroatoms. The number of ether oxygens (including phenoxy) is 1. The predicted molar refractivity (Wildman–Crippen MR) is 124 cm³/mol. The monoisotopic (exact) mass is 446 g/mol. The lowest BCUT2D eigenvalue weighted by Gasteiger charge is -2.21. The molecular weight excluding hydrogens is 424 g/mol. The van der Waals surface area contributed by atoms with Crippen LogP contribution < -0.4 is 15.4 Å². The van der Waals surface area contributed by atoms with Crippen molar-refractivity contribution in [2.75, 3.05) is 12.4 Å². The maximum Gasteiger partial charge on any atom is 0.265 e. The van der Waals surface area contributed by atoms with Crippen molar-refractivity contribution in [3.05, 3.63) is 100 Å². The van der Waals surface area contributed by atoms with E-state index in [0.29, 0.717) is 27.7 Å². The van der Waals surface area contributed by atoms with Gasteiger partial charge in [0, 0.05) is 36.3 Å². The second kappa shape index (κ2) is 9.49. The van der Waals surface area contributed by atoms with Gasteiger partial charge in [0.2, 0.25) is 0 Å². The highest BCUT2D eigenvalue weighted by Gasteiger charge is 2.24. The van der Waals surface area contributed by atoms with Gasteiger partial charge in [-0.25, -0.2) is 4.98 Å². The zero-order valence-electron chi connectivity index (χ0n) is 17.6. The number of nitrogens with one attached hydrogen (secondary N) is 2. The van der Waals surface area contributed by atoms with E-state index in [4.69, 9.17) is 4.74 Å². The number of aryl methyl sites for hydroxylation is 1. The zero-order chi connectivity index (χ0) is 22.5. The number of carbonyl (C=O) groups excluding carboxylic acids is 2. The number of amides is 2. The van der Waals surface area contributed by atoms with E-state index in [1.807, 2.05) is 53.5 Å². The Balaban J connectivity index is 1.60. The average molecular weight is 447 g/mol. The highest BCUT2D eigenvalue weighted by molar-refractivity contribution is 7.12. The Morgan fingerprint density at radius 3 is 2.62 bits per heavy atom. The maximum atomic E-state index is 13.2. The van der Waals surface area contributed by atoms with Crippen molar-refractivity contribution in [3.63, 3.8) is 0 Å². The zero-order valence-corrected chi connectivity index (χ0v) is 18.4. The van der Waals surface area contributed by atoms with Crippen molar-refractivity contribution in [1.82, 2.24) is 14.9 Å². The number of carbonyl (C=O) groups is 2. The molecule has 2 N–H and O–H groups in total. The van der Waals surface area contributed by atoms with E-state index < -0.39 is 6.04 Å². The summed E-state index contributed by atoms with van der Waals surface area (Å²) in [6.45, 7) is 0. The minimum Gasteiger partial charge on any atom is -0.496 e. The molecule has 2 aromatic carbocycles. The number of benzene rings is 2. The van der Waals surface area contributed by atoms with Crippen LogP contribution in [0.4, 0.5) is 5.69 Å². The number of nitrogens with zero attached hydrogens (tertiary/aromatic N) is 2. The first-order valence-corrected chi connectivity index (χ1v) is 10.8. The number of imidazole rings is 1. The fraction of sp³-hybridized carbons (Fsp3) is 0.125. The van der Waals surface area contributed by atoms with Crippen LogP contribution in [0.1, 0.15) is 37.5 Å². The van der Waals surface area contributed by atoms with Crippen LogP contribution in [0.2, 0.25) is 0 Å². The van der Waals surface area contributed by atoms with Crippen LogP contribution in [0.25, 0.3) is 0 Å². The summed E-state index contributed by atoms with van der Waals surface area (Å²) >= 11 is 1.36. The Morgan fingerprint density at radius 2 is 1.91 bits per heavy atom. The summed E-state index contributed by atoms with van der Waals surface area (Å²) in [5, 5.41) is 7.74. The third-order valence-corrected chi connectivity index (χ3v) is 5.84. The van der Waals surface area contributed by atoms with E-state index in [9.17, 15) is 9.59 Å². The fourth-order valence-electron chi connectivity index (χ4n) is 3.39. The molecular formula is C24H22N4O3S. The van der Waals surface area contributed by atoms with Gasteiger partial charge >= 0.3 is 0 Å². The summed E-state index contributed by atoms with van der Waals surface area (Å²) in [6.07, 6.45) is 3.51. The van der Waals surface area contributed by atoms with Crippen molar-refractivity contribution < 1.29 is 14.3 Å². The van der Waals surface area contributed by atoms with E-state index in [2.05, 4.69) is 15.6 Å². The number of thiophene rings is 1. The molecule has 2 amide bonds. The number of rotatable bonds is 7. The third kappa shape index (κ3) is 4.55. The maximum absolute atomic E-state index is 13.2. The number of anilines is 1. The predicted octanol–water partition coefficient (Wildman–Crippen LogP) is 4.26. The second-order valence-corrected chi connectivity index (χ2v) is 8.00. The van der Waals surface area contributed by atoms with E-state index in [-0.39, 0.29) is 11.8 Å². The van der Waals surface area contributed by atoms with Gasteiger partial charge in [0.25, 0.3) is 11.8 Å². The molecule has 0 saturated heterocycles. The average Bonchev–Trinajstić information content (AvgIpc) is 3.50. The second-order valence-electron chi connectivity index (χ2n) is 7.06. The molecule has 7 nitrogen and oxygen atoms in total. The summed E-state index contributed by atoms with van der Waals surface area (Å²) in [6, 6.07) is 17.4. The van der Waals surface area contributed by atoms with Gasteiger partial charge in [-0.3, -0.25) is 9.59 Å². The van der Waals surface area contributed by atoms with E-state index >= 15 is 0 Å². The smallest absolute Gasteiger partial charge is 0.265 e. The van der Waals surface area contributed by atoms with Crippen molar-refractivity contribution in [2.45, 2.75) is 6.04 Å². The Morgan fingerprint density at radius 1 is 1.06 bits per heavy atom. The standard InChI is InChI=1S/C24H22N4O3S/c1-28-13-12-25-22(28)21(18-9-3-4-10-19(18)31-2)27-23(29)16-7-5-8-17(15-16)26-24(30)20-11-6-14-32-20/h3-15,21H,1-2H3,(H,26,30)(H,27,29). The number of aromatic nitrogens is 2. The Hall–Kier alpha value is -3.91. The molecule has 0 aliphatic carbocycles. The fourth-order valence-corrected chi connectivity index (χ4v) is 4.01. The van der Waals surface area contributed by atoms with Gasteiger partial charge in [-0.15, -0.1) is 11.3 Å². The molecule has 1 atom stereocenters. The Kier molecular flexibility index (Phi) is 6.32.